The van der Waals surface area contributed by atoms with E-state index in [1.165, 1.54) is 36.4 Å². The maximum Gasteiger partial charge on any atom is 0.293 e. The molecule has 0 radical (unpaired) electrons. The zero-order valence-corrected chi connectivity index (χ0v) is 13.7. The first-order valence-corrected chi connectivity index (χ1v) is 8.08. The summed E-state index contributed by atoms with van der Waals surface area (Å²) in [5.41, 5.74) is 0.952. The smallest absolute Gasteiger partial charge is 0.268 e. The Balaban J connectivity index is 1.84. The maximum absolute atomic E-state index is 13.2. The summed E-state index contributed by atoms with van der Waals surface area (Å²) in [4.78, 5) is 25.7. The number of thioether (sulfide) groups is 1. The number of carbonyl (C=O) groups is 2. The molecule has 0 bridgehead atoms. The lowest BCUT2D eigenvalue weighted by Crippen LogP contribution is -2.27. The van der Waals surface area contributed by atoms with Crippen molar-refractivity contribution in [2.75, 3.05) is 0 Å². The molecular formula is C17H10ClF2NO2S. The molecule has 7 heteroatoms. The Bertz CT molecular complexity index is 869. The van der Waals surface area contributed by atoms with Crippen LogP contribution in [0.3, 0.4) is 0 Å². The quantitative estimate of drug-likeness (QED) is 0.729. The predicted molar refractivity (Wildman–Crippen MR) is 89.3 cm³/mol. The molecule has 0 saturated carbocycles. The Morgan fingerprint density at radius 2 is 1.83 bits per heavy atom. The number of carbonyl (C=O) groups excluding carboxylic acids is 2. The zero-order valence-electron chi connectivity index (χ0n) is 12.1. The van der Waals surface area contributed by atoms with Crippen LogP contribution in [-0.2, 0) is 11.3 Å². The third-order valence-electron chi connectivity index (χ3n) is 3.36. The molecule has 0 atom stereocenters. The van der Waals surface area contributed by atoms with E-state index in [-0.39, 0.29) is 16.5 Å². The summed E-state index contributed by atoms with van der Waals surface area (Å²) in [6.07, 6.45) is 1.46. The van der Waals surface area contributed by atoms with Crippen LogP contribution in [-0.4, -0.2) is 16.0 Å². The van der Waals surface area contributed by atoms with Crippen LogP contribution >= 0.6 is 23.4 Å². The van der Waals surface area contributed by atoms with Crippen LogP contribution < -0.4 is 0 Å². The summed E-state index contributed by atoms with van der Waals surface area (Å²) in [5.74, 6) is -1.42. The van der Waals surface area contributed by atoms with Crippen molar-refractivity contribution in [1.29, 1.82) is 0 Å². The molecule has 1 fully saturated rings. The van der Waals surface area contributed by atoms with Gasteiger partial charge in [0.2, 0.25) is 0 Å². The Morgan fingerprint density at radius 3 is 2.54 bits per heavy atom. The highest BCUT2D eigenvalue weighted by Crippen LogP contribution is 2.34. The lowest BCUT2D eigenvalue weighted by atomic mass is 10.2. The van der Waals surface area contributed by atoms with Crippen molar-refractivity contribution in [2.24, 2.45) is 0 Å². The average molecular weight is 366 g/mol. The number of benzene rings is 2. The summed E-state index contributed by atoms with van der Waals surface area (Å²) in [7, 11) is 0. The standard InChI is InChI=1S/C17H10ClF2NO2S/c18-14-8-13(20)5-4-11(14)9-21-16(22)15(24-17(21)23)7-10-2-1-3-12(19)6-10/h1-8H,9H2/b15-7+. The van der Waals surface area contributed by atoms with E-state index in [2.05, 4.69) is 0 Å². The maximum atomic E-state index is 13.2. The van der Waals surface area contributed by atoms with Gasteiger partial charge in [-0.05, 0) is 53.2 Å². The fourth-order valence-electron chi connectivity index (χ4n) is 2.20. The van der Waals surface area contributed by atoms with Gasteiger partial charge in [0.05, 0.1) is 11.4 Å². The average Bonchev–Trinajstić information content (AvgIpc) is 2.77. The molecule has 1 saturated heterocycles. The number of hydrogen-bond donors (Lipinski definition) is 0. The van der Waals surface area contributed by atoms with Gasteiger partial charge in [0.25, 0.3) is 11.1 Å². The summed E-state index contributed by atoms with van der Waals surface area (Å²) in [5, 5.41) is -0.314. The van der Waals surface area contributed by atoms with Crippen LogP contribution in [0.1, 0.15) is 11.1 Å². The molecule has 1 heterocycles. The zero-order chi connectivity index (χ0) is 17.3. The van der Waals surface area contributed by atoms with Crippen LogP contribution in [0.25, 0.3) is 6.08 Å². The summed E-state index contributed by atoms with van der Waals surface area (Å²) < 4.78 is 26.3. The summed E-state index contributed by atoms with van der Waals surface area (Å²) in [6, 6.07) is 9.47. The van der Waals surface area contributed by atoms with Crippen molar-refractivity contribution in [2.45, 2.75) is 6.54 Å². The highest BCUT2D eigenvalue weighted by Gasteiger charge is 2.35. The molecule has 0 unspecified atom stereocenters. The van der Waals surface area contributed by atoms with E-state index in [0.717, 1.165) is 22.7 Å². The van der Waals surface area contributed by atoms with E-state index in [4.69, 9.17) is 11.6 Å². The molecular weight excluding hydrogens is 356 g/mol. The first-order valence-electron chi connectivity index (χ1n) is 6.89. The van der Waals surface area contributed by atoms with E-state index >= 15 is 0 Å². The van der Waals surface area contributed by atoms with E-state index in [0.29, 0.717) is 11.1 Å². The molecule has 2 amide bonds. The third kappa shape index (κ3) is 3.49. The molecule has 3 rings (SSSR count). The monoisotopic (exact) mass is 365 g/mol. The second-order valence-corrected chi connectivity index (χ2v) is 6.46. The molecule has 24 heavy (non-hydrogen) atoms. The Kier molecular flexibility index (Phi) is 4.69. The number of nitrogens with zero attached hydrogens (tertiary/aromatic N) is 1. The third-order valence-corrected chi connectivity index (χ3v) is 4.62. The van der Waals surface area contributed by atoms with Gasteiger partial charge in [0, 0.05) is 5.02 Å². The van der Waals surface area contributed by atoms with Crippen molar-refractivity contribution in [3.05, 3.63) is 75.2 Å². The molecule has 0 aromatic heterocycles. The van der Waals surface area contributed by atoms with Crippen LogP contribution in [0, 0.1) is 11.6 Å². The van der Waals surface area contributed by atoms with Gasteiger partial charge in [0.1, 0.15) is 11.6 Å². The fourth-order valence-corrected chi connectivity index (χ4v) is 3.27. The van der Waals surface area contributed by atoms with Gasteiger partial charge >= 0.3 is 0 Å². The highest BCUT2D eigenvalue weighted by molar-refractivity contribution is 8.18. The van der Waals surface area contributed by atoms with Crippen molar-refractivity contribution in [3.63, 3.8) is 0 Å². The second kappa shape index (κ2) is 6.75. The van der Waals surface area contributed by atoms with Crippen LogP contribution in [0.2, 0.25) is 5.02 Å². The minimum atomic E-state index is -0.496. The van der Waals surface area contributed by atoms with Crippen molar-refractivity contribution < 1.29 is 18.4 Å². The molecule has 0 spiro atoms. The number of halogens is 3. The van der Waals surface area contributed by atoms with Crippen molar-refractivity contribution in [1.82, 2.24) is 4.90 Å². The van der Waals surface area contributed by atoms with Gasteiger partial charge in [-0.1, -0.05) is 29.8 Å². The minimum Gasteiger partial charge on any atom is -0.268 e. The summed E-state index contributed by atoms with van der Waals surface area (Å²) in [6.45, 7) is -0.0513. The lowest BCUT2D eigenvalue weighted by Gasteiger charge is -2.13. The number of hydrogen-bond acceptors (Lipinski definition) is 3. The van der Waals surface area contributed by atoms with Crippen LogP contribution in [0.5, 0.6) is 0 Å². The molecule has 3 nitrogen and oxygen atoms in total. The molecule has 1 aliphatic rings. The van der Waals surface area contributed by atoms with Gasteiger partial charge < -0.3 is 0 Å². The van der Waals surface area contributed by atoms with Gasteiger partial charge in [-0.25, -0.2) is 8.78 Å². The SMILES string of the molecule is O=C1S/C(=C/c2cccc(F)c2)C(=O)N1Cc1ccc(F)cc1Cl. The molecule has 2 aromatic carbocycles. The largest absolute Gasteiger partial charge is 0.293 e. The molecule has 2 aromatic rings. The van der Waals surface area contributed by atoms with Gasteiger partial charge in [0.15, 0.2) is 0 Å². The van der Waals surface area contributed by atoms with E-state index < -0.39 is 22.8 Å². The number of rotatable bonds is 3. The lowest BCUT2D eigenvalue weighted by molar-refractivity contribution is -0.123. The van der Waals surface area contributed by atoms with Gasteiger partial charge in [-0.3, -0.25) is 14.5 Å². The second-order valence-electron chi connectivity index (χ2n) is 5.06. The van der Waals surface area contributed by atoms with E-state index in [9.17, 15) is 18.4 Å². The molecule has 1 aliphatic heterocycles. The first-order chi connectivity index (χ1) is 11.4. The Hall–Kier alpha value is -2.18. The van der Waals surface area contributed by atoms with E-state index in [1.807, 2.05) is 0 Å². The van der Waals surface area contributed by atoms with Crippen LogP contribution in [0.4, 0.5) is 13.6 Å². The molecule has 122 valence electrons. The van der Waals surface area contributed by atoms with Crippen LogP contribution in [0.15, 0.2) is 47.4 Å². The van der Waals surface area contributed by atoms with Crippen molar-refractivity contribution in [3.8, 4) is 0 Å². The predicted octanol–water partition coefficient (Wildman–Crippen LogP) is 4.85. The Morgan fingerprint density at radius 1 is 1.08 bits per heavy atom. The van der Waals surface area contributed by atoms with Gasteiger partial charge in [-0.2, -0.15) is 0 Å². The summed E-state index contributed by atoms with van der Waals surface area (Å²) >= 11 is 6.70. The normalized spacial score (nSPS) is 16.3. The molecule has 0 N–H and O–H groups in total. The minimum absolute atomic E-state index is 0.0513. The van der Waals surface area contributed by atoms with Gasteiger partial charge in [-0.15, -0.1) is 0 Å². The Labute approximate surface area is 145 Å². The number of amides is 2. The topological polar surface area (TPSA) is 37.4 Å². The van der Waals surface area contributed by atoms with Crippen molar-refractivity contribution >= 4 is 40.6 Å². The number of imide groups is 1. The first kappa shape index (κ1) is 16.7. The highest BCUT2D eigenvalue weighted by atomic mass is 35.5. The van der Waals surface area contributed by atoms with E-state index in [1.54, 1.807) is 6.07 Å². The fraction of sp³-hybridized carbons (Fsp3) is 0.0588. The molecule has 0 aliphatic carbocycles.